The van der Waals surface area contributed by atoms with E-state index in [1.165, 1.54) is 12.3 Å². The van der Waals surface area contributed by atoms with E-state index in [1.54, 1.807) is 10.7 Å². The molecule has 1 aliphatic carbocycles. The van der Waals surface area contributed by atoms with Crippen molar-refractivity contribution in [2.75, 3.05) is 18.5 Å². The van der Waals surface area contributed by atoms with Crippen LogP contribution >= 0.6 is 0 Å². The number of halogens is 1. The molecule has 1 saturated carbocycles. The number of aromatic nitrogens is 4. The summed E-state index contributed by atoms with van der Waals surface area (Å²) < 4.78 is 21.4. The Morgan fingerprint density at radius 3 is 3.04 bits per heavy atom. The quantitative estimate of drug-likeness (QED) is 0.647. The second kappa shape index (κ2) is 5.42. The average molecular weight is 352 g/mol. The molecule has 2 aliphatic rings. The van der Waals surface area contributed by atoms with Crippen molar-refractivity contribution in [3.8, 4) is 5.88 Å². The first-order valence-electron chi connectivity index (χ1n) is 8.49. The minimum absolute atomic E-state index is 0.377. The third-order valence-corrected chi connectivity index (χ3v) is 4.82. The number of ether oxygens (including phenoxy) is 1. The number of anilines is 1. The predicted molar refractivity (Wildman–Crippen MR) is 94.2 cm³/mol. The van der Waals surface area contributed by atoms with Gasteiger partial charge in [-0.3, -0.25) is 0 Å². The lowest BCUT2D eigenvalue weighted by Gasteiger charge is -2.21. The van der Waals surface area contributed by atoms with Gasteiger partial charge in [0.25, 0.3) is 0 Å². The largest absolute Gasteiger partial charge is 0.476 e. The predicted octanol–water partition coefficient (Wildman–Crippen LogP) is 2.32. The summed E-state index contributed by atoms with van der Waals surface area (Å²) in [7, 11) is 0. The molecule has 2 N–H and O–H groups in total. The van der Waals surface area contributed by atoms with E-state index in [0.29, 0.717) is 30.5 Å². The Morgan fingerprint density at radius 2 is 2.19 bits per heavy atom. The Labute approximate surface area is 148 Å². The molecule has 5 rings (SSSR count). The Bertz CT molecular complexity index is 1030. The molecule has 0 amide bonds. The van der Waals surface area contributed by atoms with Crippen LogP contribution < -0.4 is 15.4 Å². The summed E-state index contributed by atoms with van der Waals surface area (Å²) in [6.45, 7) is 4.99. The zero-order valence-electron chi connectivity index (χ0n) is 14.0. The molecule has 1 spiro atoms. The molecule has 8 heteroatoms. The van der Waals surface area contributed by atoms with Gasteiger partial charge in [-0.1, -0.05) is 6.58 Å². The zero-order valence-corrected chi connectivity index (χ0v) is 14.0. The maximum atomic E-state index is 13.9. The molecule has 2 bridgehead atoms. The van der Waals surface area contributed by atoms with Gasteiger partial charge in [0, 0.05) is 24.0 Å². The van der Waals surface area contributed by atoms with Crippen LogP contribution in [0.15, 0.2) is 37.3 Å². The molecule has 1 aliphatic heterocycles. The van der Waals surface area contributed by atoms with E-state index in [1.807, 2.05) is 12.3 Å². The summed E-state index contributed by atoms with van der Waals surface area (Å²) in [5.74, 6) is 0.767. The number of hydrogen-bond acceptors (Lipinski definition) is 6. The van der Waals surface area contributed by atoms with Gasteiger partial charge in [0.15, 0.2) is 5.65 Å². The van der Waals surface area contributed by atoms with Crippen LogP contribution in [-0.2, 0) is 5.54 Å². The fraction of sp³-hybridized carbons (Fsp3) is 0.278. The maximum Gasteiger partial charge on any atom is 0.219 e. The van der Waals surface area contributed by atoms with Crippen molar-refractivity contribution in [3.63, 3.8) is 0 Å². The lowest BCUT2D eigenvalue weighted by molar-refractivity contribution is 0.302. The van der Waals surface area contributed by atoms with Gasteiger partial charge in [-0.05, 0) is 25.0 Å². The molecule has 26 heavy (non-hydrogen) atoms. The van der Waals surface area contributed by atoms with Crippen LogP contribution in [0.5, 0.6) is 5.88 Å². The van der Waals surface area contributed by atoms with Crippen LogP contribution in [0.2, 0.25) is 0 Å². The highest BCUT2D eigenvalue weighted by Gasteiger charge is 2.47. The summed E-state index contributed by atoms with van der Waals surface area (Å²) in [5.41, 5.74) is 2.58. The number of nitrogens with zero attached hydrogens (tertiary/aromatic N) is 4. The highest BCUT2D eigenvalue weighted by molar-refractivity contribution is 5.74. The standard InChI is InChI=1S/C18H17FN6O/c1-11-13-10-22-25-6-2-15(23-16(13)25)24-18(3-4-18)14-8-12(19)9-21-17(14)26-7-5-20-11/h2,6,8-10,20H,1,3-5,7H2,(H,23,24). The van der Waals surface area contributed by atoms with E-state index >= 15 is 0 Å². The van der Waals surface area contributed by atoms with Gasteiger partial charge in [0.1, 0.15) is 18.2 Å². The van der Waals surface area contributed by atoms with Gasteiger partial charge < -0.3 is 15.4 Å². The minimum Gasteiger partial charge on any atom is -0.476 e. The smallest absolute Gasteiger partial charge is 0.219 e. The lowest BCUT2D eigenvalue weighted by atomic mass is 10.1. The Hall–Kier alpha value is -3.16. The van der Waals surface area contributed by atoms with Gasteiger partial charge >= 0.3 is 0 Å². The van der Waals surface area contributed by atoms with E-state index < -0.39 is 5.54 Å². The normalized spacial score (nSPS) is 18.1. The van der Waals surface area contributed by atoms with E-state index in [2.05, 4.69) is 27.3 Å². The summed E-state index contributed by atoms with van der Waals surface area (Å²) in [5, 5.41) is 11.0. The number of nitrogens with one attached hydrogen (secondary N) is 2. The summed E-state index contributed by atoms with van der Waals surface area (Å²) in [6, 6.07) is 3.35. The second-order valence-electron chi connectivity index (χ2n) is 6.61. The molecule has 1 fully saturated rings. The first kappa shape index (κ1) is 15.1. The Morgan fingerprint density at radius 1 is 1.31 bits per heavy atom. The second-order valence-corrected chi connectivity index (χ2v) is 6.61. The van der Waals surface area contributed by atoms with Crippen LogP contribution in [0.1, 0.15) is 24.0 Å². The monoisotopic (exact) mass is 352 g/mol. The summed E-state index contributed by atoms with van der Waals surface area (Å²) in [4.78, 5) is 8.85. The van der Waals surface area contributed by atoms with Crippen molar-refractivity contribution in [3.05, 3.63) is 54.2 Å². The molecule has 7 nitrogen and oxygen atoms in total. The summed E-state index contributed by atoms with van der Waals surface area (Å²) in [6.07, 6.45) is 6.48. The van der Waals surface area contributed by atoms with Crippen molar-refractivity contribution in [1.82, 2.24) is 24.9 Å². The molecule has 0 saturated heterocycles. The SMILES string of the molecule is C=C1NCCOc2ncc(F)cc2C2(CC2)Nc2ccn3ncc1c3n2. The first-order valence-corrected chi connectivity index (χ1v) is 8.49. The number of hydrogen-bond donors (Lipinski definition) is 2. The van der Waals surface area contributed by atoms with E-state index in [4.69, 9.17) is 9.72 Å². The van der Waals surface area contributed by atoms with Gasteiger partial charge in [-0.25, -0.2) is 18.9 Å². The number of pyridine rings is 1. The molecule has 3 aromatic heterocycles. The van der Waals surface area contributed by atoms with Crippen molar-refractivity contribution < 1.29 is 9.13 Å². The van der Waals surface area contributed by atoms with Crippen molar-refractivity contribution in [1.29, 1.82) is 0 Å². The average Bonchev–Trinajstić information content (AvgIpc) is 3.28. The Balaban J connectivity index is 1.64. The third-order valence-electron chi connectivity index (χ3n) is 4.82. The van der Waals surface area contributed by atoms with Gasteiger partial charge in [-0.2, -0.15) is 5.10 Å². The lowest BCUT2D eigenvalue weighted by Crippen LogP contribution is -2.23. The highest BCUT2D eigenvalue weighted by atomic mass is 19.1. The van der Waals surface area contributed by atoms with Crippen LogP contribution in [0.3, 0.4) is 0 Å². The van der Waals surface area contributed by atoms with E-state index in [0.717, 1.165) is 29.7 Å². The van der Waals surface area contributed by atoms with Crippen molar-refractivity contribution in [2.45, 2.75) is 18.4 Å². The molecule has 0 aromatic carbocycles. The number of fused-ring (bicyclic) bond motifs is 3. The fourth-order valence-corrected chi connectivity index (χ4v) is 3.31. The zero-order chi connectivity index (χ0) is 17.7. The van der Waals surface area contributed by atoms with Crippen LogP contribution in [0.25, 0.3) is 11.3 Å². The Kier molecular flexibility index (Phi) is 3.15. The van der Waals surface area contributed by atoms with Crippen LogP contribution in [0.4, 0.5) is 10.2 Å². The summed E-state index contributed by atoms with van der Waals surface area (Å²) >= 11 is 0. The maximum absolute atomic E-state index is 13.9. The molecule has 132 valence electrons. The van der Waals surface area contributed by atoms with Crippen molar-refractivity contribution >= 4 is 17.2 Å². The minimum atomic E-state index is -0.408. The molecule has 3 aromatic rings. The van der Waals surface area contributed by atoms with E-state index in [9.17, 15) is 4.39 Å². The van der Waals surface area contributed by atoms with Gasteiger partial charge in [-0.15, -0.1) is 0 Å². The van der Waals surface area contributed by atoms with Crippen molar-refractivity contribution in [2.24, 2.45) is 0 Å². The van der Waals surface area contributed by atoms with Crippen LogP contribution in [0, 0.1) is 5.82 Å². The molecule has 0 atom stereocenters. The third kappa shape index (κ3) is 2.37. The number of rotatable bonds is 0. The fourth-order valence-electron chi connectivity index (χ4n) is 3.31. The molecule has 0 radical (unpaired) electrons. The topological polar surface area (TPSA) is 76.4 Å². The highest BCUT2D eigenvalue weighted by Crippen LogP contribution is 2.50. The van der Waals surface area contributed by atoms with Crippen LogP contribution in [-0.4, -0.2) is 32.7 Å². The van der Waals surface area contributed by atoms with Gasteiger partial charge in [0.05, 0.1) is 23.5 Å². The molecule has 0 unspecified atom stereocenters. The molecular formula is C18H17FN6O. The van der Waals surface area contributed by atoms with E-state index in [-0.39, 0.29) is 5.82 Å². The molecule has 4 heterocycles. The van der Waals surface area contributed by atoms with Gasteiger partial charge in [0.2, 0.25) is 5.88 Å². The first-order chi connectivity index (χ1) is 12.6. The molecular weight excluding hydrogens is 335 g/mol.